The number of halogens is 1. The number of benzene rings is 1. The summed E-state index contributed by atoms with van der Waals surface area (Å²) in [6.45, 7) is 5.42. The molecule has 0 atom stereocenters. The van der Waals surface area contributed by atoms with Crippen LogP contribution < -0.4 is 5.32 Å². The molecule has 1 N–H and O–H groups in total. The Morgan fingerprint density at radius 1 is 1.19 bits per heavy atom. The molecule has 0 saturated carbocycles. The van der Waals surface area contributed by atoms with Gasteiger partial charge < -0.3 is 0 Å². The van der Waals surface area contributed by atoms with Gasteiger partial charge >= 0.3 is 149 Å². The number of para-hydroxylation sites is 1. The molecule has 0 saturated heterocycles. The summed E-state index contributed by atoms with van der Waals surface area (Å²) < 4.78 is 4.24. The summed E-state index contributed by atoms with van der Waals surface area (Å²) in [6.07, 6.45) is 6.11. The van der Waals surface area contributed by atoms with Crippen molar-refractivity contribution in [1.82, 2.24) is 0 Å². The van der Waals surface area contributed by atoms with E-state index in [0.29, 0.717) is 15.0 Å². The van der Waals surface area contributed by atoms with Gasteiger partial charge in [-0.25, -0.2) is 0 Å². The molecule has 0 fully saturated rings. The Labute approximate surface area is 148 Å². The van der Waals surface area contributed by atoms with Crippen LogP contribution in [0.25, 0.3) is 4.47 Å². The number of unbranched alkanes of at least 4 members (excludes halogenated alkanes) is 2. The van der Waals surface area contributed by atoms with Crippen LogP contribution in [0.3, 0.4) is 0 Å². The molecular weight excluding hydrogens is 438 g/mol. The standard InChI is InChI=1S/C17H23IN2Se/c1-3-5-10-14(18)16-13-9-7-8-11-15(13)20-17(21-16)19-12-6-4-2/h7-9,11H,3-6,10,12H2,1-2H3,(H,19,20)/b16-14+. The van der Waals surface area contributed by atoms with Crippen molar-refractivity contribution in [3.05, 3.63) is 33.4 Å². The van der Waals surface area contributed by atoms with Gasteiger partial charge in [0.1, 0.15) is 0 Å². The average Bonchev–Trinajstić information content (AvgIpc) is 2.52. The second-order valence-corrected chi connectivity index (χ2v) is 8.55. The van der Waals surface area contributed by atoms with Crippen LogP contribution in [0.2, 0.25) is 0 Å². The Morgan fingerprint density at radius 3 is 2.71 bits per heavy atom. The van der Waals surface area contributed by atoms with E-state index in [2.05, 4.69) is 66.0 Å². The number of aliphatic imine (C=N–C) groups is 1. The van der Waals surface area contributed by atoms with Crippen molar-refractivity contribution < 1.29 is 0 Å². The van der Waals surface area contributed by atoms with E-state index in [1.54, 1.807) is 0 Å². The molecule has 2 nitrogen and oxygen atoms in total. The maximum absolute atomic E-state index is 4.78. The van der Waals surface area contributed by atoms with E-state index in [1.165, 1.54) is 56.1 Å². The molecule has 1 aliphatic heterocycles. The number of nitrogens with one attached hydrogen (secondary N) is 1. The fourth-order valence-corrected chi connectivity index (χ4v) is 5.51. The van der Waals surface area contributed by atoms with Crippen LogP contribution in [-0.4, -0.2) is 26.2 Å². The van der Waals surface area contributed by atoms with Gasteiger partial charge in [0.25, 0.3) is 0 Å². The SMILES string of the molecule is CCCCN=C1Nc2ccccc2/C(=C(\I)CCCC)[Se]1. The molecule has 0 spiro atoms. The number of allylic oxidation sites excluding steroid dienone is 1. The van der Waals surface area contributed by atoms with Gasteiger partial charge in [-0.3, -0.25) is 0 Å². The predicted molar refractivity (Wildman–Crippen MR) is 103 cm³/mol. The molecule has 0 amide bonds. The van der Waals surface area contributed by atoms with E-state index in [4.69, 9.17) is 4.99 Å². The van der Waals surface area contributed by atoms with Gasteiger partial charge in [-0.05, 0) is 0 Å². The first-order valence-corrected chi connectivity index (χ1v) is 10.5. The van der Waals surface area contributed by atoms with E-state index in [-0.39, 0.29) is 0 Å². The summed E-state index contributed by atoms with van der Waals surface area (Å²) in [5.41, 5.74) is 2.61. The molecular formula is C17H23IN2Se. The van der Waals surface area contributed by atoms with Crippen molar-refractivity contribution >= 4 is 52.4 Å². The number of amidine groups is 1. The van der Waals surface area contributed by atoms with E-state index in [9.17, 15) is 0 Å². The zero-order valence-electron chi connectivity index (χ0n) is 12.8. The molecule has 2 rings (SSSR count). The summed E-state index contributed by atoms with van der Waals surface area (Å²) >= 11 is 2.86. The summed E-state index contributed by atoms with van der Waals surface area (Å²) in [5, 5.41) is 3.54. The summed E-state index contributed by atoms with van der Waals surface area (Å²) in [5.74, 6) is 0. The summed E-state index contributed by atoms with van der Waals surface area (Å²) in [6, 6.07) is 8.65. The molecule has 0 bridgehead atoms. The van der Waals surface area contributed by atoms with Crippen LogP contribution in [0.4, 0.5) is 5.69 Å². The van der Waals surface area contributed by atoms with Gasteiger partial charge in [-0.1, -0.05) is 0 Å². The molecule has 1 aromatic rings. The molecule has 0 radical (unpaired) electrons. The van der Waals surface area contributed by atoms with Crippen LogP contribution >= 0.6 is 22.6 Å². The van der Waals surface area contributed by atoms with E-state index >= 15 is 0 Å². The third-order valence-corrected chi connectivity index (χ3v) is 7.57. The van der Waals surface area contributed by atoms with Crippen LogP contribution in [0.1, 0.15) is 51.5 Å². The normalized spacial score (nSPS) is 18.3. The first-order chi connectivity index (χ1) is 10.3. The minimum atomic E-state index is 0.312. The van der Waals surface area contributed by atoms with Crippen LogP contribution in [0.5, 0.6) is 0 Å². The molecule has 1 aliphatic rings. The molecule has 0 aromatic heterocycles. The number of nitrogens with zero attached hydrogens (tertiary/aromatic N) is 1. The second-order valence-electron chi connectivity index (χ2n) is 5.15. The van der Waals surface area contributed by atoms with E-state index in [1.807, 2.05) is 0 Å². The van der Waals surface area contributed by atoms with Crippen LogP contribution in [0.15, 0.2) is 32.8 Å². The zero-order chi connectivity index (χ0) is 15.1. The van der Waals surface area contributed by atoms with Gasteiger partial charge in [0, 0.05) is 0 Å². The molecule has 114 valence electrons. The number of hydrogen-bond donors (Lipinski definition) is 1. The maximum atomic E-state index is 4.78. The Balaban J connectivity index is 2.28. The topological polar surface area (TPSA) is 24.4 Å². The molecule has 0 aliphatic carbocycles. The van der Waals surface area contributed by atoms with Gasteiger partial charge in [-0.2, -0.15) is 0 Å². The Morgan fingerprint density at radius 2 is 1.95 bits per heavy atom. The number of anilines is 1. The zero-order valence-corrected chi connectivity index (χ0v) is 16.7. The molecule has 1 aromatic carbocycles. The molecule has 0 unspecified atom stereocenters. The van der Waals surface area contributed by atoms with Crippen LogP contribution in [0, 0.1) is 0 Å². The number of fused-ring (bicyclic) bond motifs is 1. The third-order valence-electron chi connectivity index (χ3n) is 3.38. The van der Waals surface area contributed by atoms with Crippen molar-refractivity contribution in [2.45, 2.75) is 46.0 Å². The van der Waals surface area contributed by atoms with Gasteiger partial charge in [0.15, 0.2) is 0 Å². The molecule has 4 heteroatoms. The van der Waals surface area contributed by atoms with Gasteiger partial charge in [0.2, 0.25) is 0 Å². The Hall–Kier alpha value is -0.321. The minimum absolute atomic E-state index is 0.312. The number of hydrogen-bond acceptors (Lipinski definition) is 1. The summed E-state index contributed by atoms with van der Waals surface area (Å²) in [4.78, 5) is 4.78. The Kier molecular flexibility index (Phi) is 7.27. The first-order valence-electron chi connectivity index (χ1n) is 7.73. The number of rotatable bonds is 6. The van der Waals surface area contributed by atoms with Crippen LogP contribution in [-0.2, 0) is 0 Å². The van der Waals surface area contributed by atoms with E-state index < -0.39 is 0 Å². The summed E-state index contributed by atoms with van der Waals surface area (Å²) in [7, 11) is 0. The van der Waals surface area contributed by atoms with Crippen molar-refractivity contribution in [3.63, 3.8) is 0 Å². The van der Waals surface area contributed by atoms with Crippen molar-refractivity contribution in [1.29, 1.82) is 0 Å². The quantitative estimate of drug-likeness (QED) is 0.349. The Bertz CT molecular complexity index is 537. The van der Waals surface area contributed by atoms with E-state index in [0.717, 1.165) is 6.54 Å². The fraction of sp³-hybridized carbons (Fsp3) is 0.471. The monoisotopic (exact) mass is 462 g/mol. The van der Waals surface area contributed by atoms with Gasteiger partial charge in [-0.15, -0.1) is 0 Å². The van der Waals surface area contributed by atoms with Crippen molar-refractivity contribution in [3.8, 4) is 0 Å². The fourth-order valence-electron chi connectivity index (χ4n) is 2.14. The predicted octanol–water partition coefficient (Wildman–Crippen LogP) is 5.27. The first kappa shape index (κ1) is 17.0. The van der Waals surface area contributed by atoms with Crippen molar-refractivity contribution in [2.75, 3.05) is 11.9 Å². The average molecular weight is 461 g/mol. The third kappa shape index (κ3) is 4.83. The van der Waals surface area contributed by atoms with Gasteiger partial charge in [0.05, 0.1) is 0 Å². The second kappa shape index (κ2) is 8.96. The molecule has 1 heterocycles. The van der Waals surface area contributed by atoms with Crippen molar-refractivity contribution in [2.24, 2.45) is 4.99 Å². The molecule has 21 heavy (non-hydrogen) atoms.